The Bertz CT molecular complexity index is 1250. The zero-order valence-electron chi connectivity index (χ0n) is 18.0. The Labute approximate surface area is 190 Å². The highest BCUT2D eigenvalue weighted by Crippen LogP contribution is 2.38. The quantitative estimate of drug-likeness (QED) is 0.442. The molecule has 2 fully saturated rings. The minimum Gasteiger partial charge on any atom is -0.431 e. The Kier molecular flexibility index (Phi) is 4.88. The third-order valence-corrected chi connectivity index (χ3v) is 7.78. The van der Waals surface area contributed by atoms with Crippen LogP contribution in [0.25, 0.3) is 21.1 Å². The number of nitrogens with zero attached hydrogens (tertiary/aromatic N) is 2. The normalized spacial score (nSPS) is 23.1. The average Bonchev–Trinajstić information content (AvgIpc) is 3.42. The lowest BCUT2D eigenvalue weighted by molar-refractivity contribution is -0.120. The molecule has 1 amide bonds. The number of rotatable bonds is 5. The van der Waals surface area contributed by atoms with Crippen LogP contribution in [0.15, 0.2) is 48.7 Å². The summed E-state index contributed by atoms with van der Waals surface area (Å²) in [6.45, 7) is 2.56. The van der Waals surface area contributed by atoms with E-state index in [1.54, 1.807) is 18.3 Å². The van der Waals surface area contributed by atoms with Crippen molar-refractivity contribution in [2.75, 3.05) is 0 Å². The second-order valence-corrected chi connectivity index (χ2v) is 9.99. The molecule has 2 aliphatic heterocycles. The van der Waals surface area contributed by atoms with Crippen LogP contribution in [0, 0.1) is 0 Å². The van der Waals surface area contributed by atoms with Crippen LogP contribution in [0.5, 0.6) is 10.9 Å². The molecule has 0 aliphatic carbocycles. The van der Waals surface area contributed by atoms with Crippen LogP contribution in [0.1, 0.15) is 38.2 Å². The molecule has 4 aromatic rings. The van der Waals surface area contributed by atoms with Crippen molar-refractivity contribution in [1.82, 2.24) is 20.2 Å². The zero-order chi connectivity index (χ0) is 21.7. The molecule has 3 atom stereocenters. The van der Waals surface area contributed by atoms with Crippen molar-refractivity contribution in [2.45, 2.75) is 57.3 Å². The zero-order valence-corrected chi connectivity index (χ0v) is 18.8. The molecule has 2 bridgehead atoms. The van der Waals surface area contributed by atoms with Crippen LogP contribution in [0.3, 0.4) is 0 Å². The van der Waals surface area contributed by atoms with Crippen molar-refractivity contribution in [3.05, 3.63) is 54.2 Å². The predicted molar refractivity (Wildman–Crippen MR) is 127 cm³/mol. The Morgan fingerprint density at radius 1 is 1.22 bits per heavy atom. The number of hydrogen-bond donors (Lipinski definition) is 2. The highest BCUT2D eigenvalue weighted by molar-refractivity contribution is 7.20. The van der Waals surface area contributed by atoms with Gasteiger partial charge in [0.2, 0.25) is 5.91 Å². The highest BCUT2D eigenvalue weighted by atomic mass is 32.1. The summed E-state index contributed by atoms with van der Waals surface area (Å²) in [6.07, 6.45) is 6.69. The van der Waals surface area contributed by atoms with E-state index in [-0.39, 0.29) is 5.91 Å². The number of ether oxygens (including phenoxy) is 1. The lowest BCUT2D eigenvalue weighted by Gasteiger charge is -2.39. The van der Waals surface area contributed by atoms with Gasteiger partial charge in [0, 0.05) is 54.8 Å². The van der Waals surface area contributed by atoms with Gasteiger partial charge in [-0.3, -0.25) is 9.69 Å². The van der Waals surface area contributed by atoms with Crippen molar-refractivity contribution in [1.29, 1.82) is 0 Å². The fraction of sp³-hybridized carbons (Fsp3) is 0.360. The molecule has 0 saturated carbocycles. The number of thiazole rings is 1. The molecule has 6 rings (SSSR count). The van der Waals surface area contributed by atoms with Crippen LogP contribution in [-0.2, 0) is 11.3 Å². The summed E-state index contributed by atoms with van der Waals surface area (Å²) in [5, 5.41) is 5.04. The summed E-state index contributed by atoms with van der Waals surface area (Å²) in [5.74, 6) is 0.879. The van der Waals surface area contributed by atoms with Gasteiger partial charge in [-0.1, -0.05) is 23.5 Å². The van der Waals surface area contributed by atoms with Gasteiger partial charge in [0.1, 0.15) is 5.75 Å². The van der Waals surface area contributed by atoms with Crippen molar-refractivity contribution in [3.63, 3.8) is 0 Å². The van der Waals surface area contributed by atoms with Gasteiger partial charge in [-0.2, -0.15) is 0 Å². The molecule has 0 unspecified atom stereocenters. The van der Waals surface area contributed by atoms with Gasteiger partial charge in [0.05, 0.1) is 10.2 Å². The highest BCUT2D eigenvalue weighted by Gasteiger charge is 2.40. The Hall–Kier alpha value is -2.90. The molecule has 2 aromatic carbocycles. The minimum atomic E-state index is 0.0864. The SMILES string of the molecule is CC(=O)N[C@H]1C[C@H]2CC[C@@H](C1)N2Cc1c[nH]c2cc(Oc3nc4ccccc4s3)ccc12. The van der Waals surface area contributed by atoms with Crippen LogP contribution >= 0.6 is 11.3 Å². The van der Waals surface area contributed by atoms with E-state index in [0.717, 1.165) is 40.9 Å². The summed E-state index contributed by atoms with van der Waals surface area (Å²) in [7, 11) is 0. The Morgan fingerprint density at radius 2 is 2.03 bits per heavy atom. The van der Waals surface area contributed by atoms with E-state index in [4.69, 9.17) is 4.74 Å². The first-order chi connectivity index (χ1) is 15.6. The van der Waals surface area contributed by atoms with E-state index in [2.05, 4.69) is 44.6 Å². The number of hydrogen-bond acceptors (Lipinski definition) is 5. The third-order valence-electron chi connectivity index (χ3n) is 6.86. The summed E-state index contributed by atoms with van der Waals surface area (Å²) in [5.41, 5.74) is 3.37. The maximum atomic E-state index is 11.5. The molecule has 0 spiro atoms. The first kappa shape index (κ1) is 19.8. The van der Waals surface area contributed by atoms with E-state index in [1.807, 2.05) is 24.3 Å². The molecule has 2 aromatic heterocycles. The fourth-order valence-electron chi connectivity index (χ4n) is 5.49. The Balaban J connectivity index is 1.18. The first-order valence-corrected chi connectivity index (χ1v) is 12.1. The largest absolute Gasteiger partial charge is 0.431 e. The van der Waals surface area contributed by atoms with E-state index < -0.39 is 0 Å². The second-order valence-electron chi connectivity index (χ2n) is 9.00. The molecule has 7 heteroatoms. The number of piperidine rings is 1. The summed E-state index contributed by atoms with van der Waals surface area (Å²) in [6, 6.07) is 15.7. The van der Waals surface area contributed by atoms with Gasteiger partial charge >= 0.3 is 0 Å². The molecule has 2 saturated heterocycles. The van der Waals surface area contributed by atoms with Gasteiger partial charge in [-0.25, -0.2) is 4.98 Å². The predicted octanol–water partition coefficient (Wildman–Crippen LogP) is 5.20. The van der Waals surface area contributed by atoms with Crippen LogP contribution in [-0.4, -0.2) is 38.9 Å². The molecule has 164 valence electrons. The van der Waals surface area contributed by atoms with Crippen molar-refractivity contribution in [2.24, 2.45) is 0 Å². The number of carbonyl (C=O) groups excluding carboxylic acids is 1. The lowest BCUT2D eigenvalue weighted by Crippen LogP contribution is -2.49. The molecule has 2 N–H and O–H groups in total. The number of nitrogens with one attached hydrogen (secondary N) is 2. The summed E-state index contributed by atoms with van der Waals surface area (Å²) < 4.78 is 7.19. The van der Waals surface area contributed by atoms with Gasteiger partial charge in [0.25, 0.3) is 5.19 Å². The summed E-state index contributed by atoms with van der Waals surface area (Å²) >= 11 is 1.56. The average molecular weight is 447 g/mol. The van der Waals surface area contributed by atoms with Gasteiger partial charge < -0.3 is 15.0 Å². The maximum Gasteiger partial charge on any atom is 0.279 e. The monoisotopic (exact) mass is 446 g/mol. The number of benzene rings is 2. The molecule has 6 nitrogen and oxygen atoms in total. The van der Waals surface area contributed by atoms with Crippen molar-refractivity contribution < 1.29 is 9.53 Å². The third kappa shape index (κ3) is 3.65. The molecule has 4 heterocycles. The topological polar surface area (TPSA) is 70.2 Å². The molecule has 2 aliphatic rings. The number of carbonyl (C=O) groups is 1. The number of H-pyrrole nitrogens is 1. The molecular formula is C25H26N4O2S. The molecular weight excluding hydrogens is 420 g/mol. The van der Waals surface area contributed by atoms with E-state index in [9.17, 15) is 4.79 Å². The van der Waals surface area contributed by atoms with Gasteiger partial charge in [0.15, 0.2) is 0 Å². The number of para-hydroxylation sites is 1. The van der Waals surface area contributed by atoms with E-state index in [0.29, 0.717) is 23.3 Å². The number of aromatic nitrogens is 2. The maximum absolute atomic E-state index is 11.5. The van der Waals surface area contributed by atoms with E-state index in [1.165, 1.54) is 23.8 Å². The first-order valence-electron chi connectivity index (χ1n) is 11.3. The van der Waals surface area contributed by atoms with Crippen LogP contribution in [0.4, 0.5) is 0 Å². The minimum absolute atomic E-state index is 0.0864. The molecule has 32 heavy (non-hydrogen) atoms. The van der Waals surface area contributed by atoms with Gasteiger partial charge in [-0.15, -0.1) is 0 Å². The molecule has 0 radical (unpaired) electrons. The van der Waals surface area contributed by atoms with Crippen molar-refractivity contribution in [3.8, 4) is 10.9 Å². The van der Waals surface area contributed by atoms with Crippen LogP contribution in [0.2, 0.25) is 0 Å². The fourth-order valence-corrected chi connectivity index (χ4v) is 6.32. The van der Waals surface area contributed by atoms with Crippen molar-refractivity contribution >= 4 is 38.4 Å². The Morgan fingerprint density at radius 3 is 2.81 bits per heavy atom. The summed E-state index contributed by atoms with van der Waals surface area (Å²) in [4.78, 5) is 22.1. The lowest BCUT2D eigenvalue weighted by atomic mass is 9.96. The number of aromatic amines is 1. The van der Waals surface area contributed by atoms with Crippen LogP contribution < -0.4 is 10.1 Å². The standard InChI is InChI=1S/C25H26N4O2S/c1-15(30)27-17-10-18-6-7-19(11-17)29(18)14-16-13-26-23-12-20(8-9-21(16)23)31-25-28-22-4-2-3-5-24(22)32-25/h2-5,8-9,12-13,17-19,26H,6-7,10-11,14H2,1H3,(H,27,30)/t17-,18+,19-. The smallest absolute Gasteiger partial charge is 0.279 e. The van der Waals surface area contributed by atoms with Gasteiger partial charge in [-0.05, 0) is 55.5 Å². The number of fused-ring (bicyclic) bond motifs is 4. The van der Waals surface area contributed by atoms with E-state index >= 15 is 0 Å². The second kappa shape index (κ2) is 7.90. The number of amides is 1.